The molecule has 192 valence electrons. The van der Waals surface area contributed by atoms with Crippen LogP contribution in [-0.2, 0) is 18.5 Å². The summed E-state index contributed by atoms with van der Waals surface area (Å²) in [4.78, 5) is 18.9. The molecule has 2 aliphatic carbocycles. The maximum atomic E-state index is 13.3. The Kier molecular flexibility index (Phi) is 6.63. The number of fused-ring (bicyclic) bond motifs is 1. The first-order chi connectivity index (χ1) is 18.1. The standard InChI is InChI=1S/C30H36N6O/c1-22-13-14-27-24(19-22)20-25(28(37)31-27)21-35(18-15-23-9-3-2-4-10-23)30(16-7-8-17-30)29-32-33-34-36(29)26-11-5-6-12-26/h2-4,9-10,13-14,19-20,26H,5-8,11-12,15-18,21H2,1H3,(H,31,37). The van der Waals surface area contributed by atoms with Crippen molar-refractivity contribution < 1.29 is 0 Å². The summed E-state index contributed by atoms with van der Waals surface area (Å²) in [5, 5.41) is 14.5. The van der Waals surface area contributed by atoms with E-state index in [0.29, 0.717) is 12.6 Å². The summed E-state index contributed by atoms with van der Waals surface area (Å²) in [7, 11) is 0. The minimum Gasteiger partial charge on any atom is -0.322 e. The van der Waals surface area contributed by atoms with Crippen LogP contribution >= 0.6 is 0 Å². The Hall–Kier alpha value is -3.32. The molecule has 0 spiro atoms. The highest BCUT2D eigenvalue weighted by Crippen LogP contribution is 2.45. The number of hydrogen-bond acceptors (Lipinski definition) is 5. The highest BCUT2D eigenvalue weighted by molar-refractivity contribution is 5.79. The molecule has 37 heavy (non-hydrogen) atoms. The number of H-pyrrole nitrogens is 1. The first-order valence-corrected chi connectivity index (χ1v) is 13.8. The Morgan fingerprint density at radius 2 is 1.81 bits per heavy atom. The molecule has 2 aliphatic rings. The summed E-state index contributed by atoms with van der Waals surface area (Å²) in [6.07, 6.45) is 9.99. The van der Waals surface area contributed by atoms with E-state index in [9.17, 15) is 4.79 Å². The molecule has 4 aromatic rings. The van der Waals surface area contributed by atoms with Gasteiger partial charge in [-0.15, -0.1) is 5.10 Å². The van der Waals surface area contributed by atoms with Gasteiger partial charge in [0.2, 0.25) is 0 Å². The lowest BCUT2D eigenvalue weighted by Crippen LogP contribution is -2.47. The Balaban J connectivity index is 1.41. The van der Waals surface area contributed by atoms with Crippen molar-refractivity contribution in [2.75, 3.05) is 6.54 Å². The van der Waals surface area contributed by atoms with Gasteiger partial charge < -0.3 is 4.98 Å². The lowest BCUT2D eigenvalue weighted by atomic mass is 9.91. The molecule has 1 N–H and O–H groups in total. The second-order valence-corrected chi connectivity index (χ2v) is 11.0. The van der Waals surface area contributed by atoms with Gasteiger partial charge in [0.1, 0.15) is 0 Å². The first kappa shape index (κ1) is 24.0. The molecule has 2 saturated carbocycles. The van der Waals surface area contributed by atoms with Crippen LogP contribution in [0.4, 0.5) is 0 Å². The first-order valence-electron chi connectivity index (χ1n) is 13.8. The third-order valence-electron chi connectivity index (χ3n) is 8.57. The zero-order chi connectivity index (χ0) is 25.2. The van der Waals surface area contributed by atoms with Gasteiger partial charge in [-0.25, -0.2) is 4.68 Å². The molecular weight excluding hydrogens is 460 g/mol. The van der Waals surface area contributed by atoms with E-state index in [1.165, 1.54) is 24.0 Å². The van der Waals surface area contributed by atoms with Crippen molar-refractivity contribution in [1.29, 1.82) is 0 Å². The average Bonchev–Trinajstić information content (AvgIpc) is 3.69. The van der Waals surface area contributed by atoms with Crippen molar-refractivity contribution in [3.63, 3.8) is 0 Å². The molecule has 7 nitrogen and oxygen atoms in total. The number of hydrogen-bond donors (Lipinski definition) is 1. The normalized spacial score (nSPS) is 17.8. The Labute approximate surface area is 217 Å². The van der Waals surface area contributed by atoms with Crippen LogP contribution in [0, 0.1) is 6.92 Å². The zero-order valence-electron chi connectivity index (χ0n) is 21.7. The van der Waals surface area contributed by atoms with Crippen LogP contribution in [0.3, 0.4) is 0 Å². The van der Waals surface area contributed by atoms with Crippen molar-refractivity contribution in [3.05, 3.63) is 87.5 Å². The molecule has 0 radical (unpaired) electrons. The van der Waals surface area contributed by atoms with Crippen molar-refractivity contribution in [1.82, 2.24) is 30.1 Å². The highest BCUT2D eigenvalue weighted by atomic mass is 16.1. The average molecular weight is 497 g/mol. The van der Waals surface area contributed by atoms with Crippen molar-refractivity contribution in [3.8, 4) is 0 Å². The fourth-order valence-electron chi connectivity index (χ4n) is 6.58. The molecule has 0 atom stereocenters. The van der Waals surface area contributed by atoms with Gasteiger partial charge in [-0.1, -0.05) is 67.6 Å². The monoisotopic (exact) mass is 496 g/mol. The summed E-state index contributed by atoms with van der Waals surface area (Å²) in [5.41, 5.74) is 3.90. The predicted octanol–water partition coefficient (Wildman–Crippen LogP) is 5.45. The zero-order valence-corrected chi connectivity index (χ0v) is 21.7. The molecule has 0 saturated heterocycles. The predicted molar refractivity (Wildman–Crippen MR) is 145 cm³/mol. The van der Waals surface area contributed by atoms with Crippen molar-refractivity contribution in [2.24, 2.45) is 0 Å². The minimum atomic E-state index is -0.269. The fourth-order valence-corrected chi connectivity index (χ4v) is 6.58. The fraction of sp³-hybridized carbons (Fsp3) is 0.467. The number of tetrazole rings is 1. The van der Waals surface area contributed by atoms with Gasteiger partial charge in [-0.3, -0.25) is 9.69 Å². The second-order valence-electron chi connectivity index (χ2n) is 11.0. The molecule has 2 aromatic carbocycles. The van der Waals surface area contributed by atoms with Gasteiger partial charge >= 0.3 is 0 Å². The number of nitrogens with zero attached hydrogens (tertiary/aromatic N) is 5. The molecular formula is C30H36N6O. The van der Waals surface area contributed by atoms with E-state index in [4.69, 9.17) is 5.10 Å². The van der Waals surface area contributed by atoms with E-state index in [2.05, 4.69) is 74.4 Å². The molecule has 6 rings (SSSR count). The summed E-state index contributed by atoms with van der Waals surface area (Å²) < 4.78 is 2.14. The smallest absolute Gasteiger partial charge is 0.252 e. The quantitative estimate of drug-likeness (QED) is 0.351. The maximum absolute atomic E-state index is 13.3. The molecule has 2 aromatic heterocycles. The molecule has 7 heteroatoms. The Morgan fingerprint density at radius 3 is 2.59 bits per heavy atom. The lowest BCUT2D eigenvalue weighted by Gasteiger charge is -2.41. The molecule has 0 amide bonds. The molecule has 2 fully saturated rings. The Morgan fingerprint density at radius 1 is 1.03 bits per heavy atom. The van der Waals surface area contributed by atoms with Crippen LogP contribution in [0.5, 0.6) is 0 Å². The Bertz CT molecular complexity index is 1410. The number of rotatable bonds is 8. The van der Waals surface area contributed by atoms with Gasteiger partial charge in [0, 0.05) is 24.2 Å². The van der Waals surface area contributed by atoms with Crippen molar-refractivity contribution >= 4 is 10.9 Å². The van der Waals surface area contributed by atoms with Gasteiger partial charge in [0.15, 0.2) is 5.82 Å². The third-order valence-corrected chi connectivity index (χ3v) is 8.57. The second kappa shape index (κ2) is 10.2. The van der Waals surface area contributed by atoms with Gasteiger partial charge in [0.05, 0.1) is 11.6 Å². The largest absolute Gasteiger partial charge is 0.322 e. The van der Waals surface area contributed by atoms with E-state index in [1.54, 1.807) is 0 Å². The molecule has 0 unspecified atom stereocenters. The van der Waals surface area contributed by atoms with Gasteiger partial charge in [-0.05, 0) is 78.6 Å². The topological polar surface area (TPSA) is 79.7 Å². The van der Waals surface area contributed by atoms with Crippen LogP contribution in [-0.4, -0.2) is 36.6 Å². The van der Waals surface area contributed by atoms with Crippen LogP contribution in [0.1, 0.15) is 79.9 Å². The minimum absolute atomic E-state index is 0.00963. The SMILES string of the molecule is Cc1ccc2[nH]c(=O)c(CN(CCc3ccccc3)C3(c4nnnn4C4CCCC4)CCCC3)cc2c1. The number of aryl methyl sites for hydroxylation is 1. The van der Waals surface area contributed by atoms with Crippen LogP contribution < -0.4 is 5.56 Å². The van der Waals surface area contributed by atoms with E-state index in [1.807, 2.05) is 12.1 Å². The molecule has 2 heterocycles. The number of pyridine rings is 1. The van der Waals surface area contributed by atoms with Crippen LogP contribution in [0.25, 0.3) is 10.9 Å². The lowest BCUT2D eigenvalue weighted by molar-refractivity contribution is 0.0669. The van der Waals surface area contributed by atoms with Gasteiger partial charge in [-0.2, -0.15) is 0 Å². The number of aromatic amines is 1. The van der Waals surface area contributed by atoms with Crippen LogP contribution in [0.2, 0.25) is 0 Å². The summed E-state index contributed by atoms with van der Waals surface area (Å²) >= 11 is 0. The van der Waals surface area contributed by atoms with Gasteiger partial charge in [0.25, 0.3) is 5.56 Å². The van der Waals surface area contributed by atoms with Crippen molar-refractivity contribution in [2.45, 2.75) is 82.8 Å². The number of nitrogens with one attached hydrogen (secondary N) is 1. The summed E-state index contributed by atoms with van der Waals surface area (Å²) in [5.74, 6) is 0.998. The van der Waals surface area contributed by atoms with Crippen LogP contribution in [0.15, 0.2) is 59.4 Å². The third kappa shape index (κ3) is 4.73. The van der Waals surface area contributed by atoms with E-state index < -0.39 is 0 Å². The maximum Gasteiger partial charge on any atom is 0.252 e. The highest BCUT2D eigenvalue weighted by Gasteiger charge is 2.46. The number of aromatic nitrogens is 5. The van der Waals surface area contributed by atoms with E-state index >= 15 is 0 Å². The van der Waals surface area contributed by atoms with E-state index in [0.717, 1.165) is 73.8 Å². The molecule has 0 bridgehead atoms. The summed E-state index contributed by atoms with van der Waals surface area (Å²) in [6, 6.07) is 19.3. The summed E-state index contributed by atoms with van der Waals surface area (Å²) in [6.45, 7) is 3.50. The number of benzene rings is 2. The molecule has 0 aliphatic heterocycles. The van der Waals surface area contributed by atoms with E-state index in [-0.39, 0.29) is 11.1 Å².